The van der Waals surface area contributed by atoms with E-state index < -0.39 is 5.79 Å². The van der Waals surface area contributed by atoms with Gasteiger partial charge in [0.2, 0.25) is 5.91 Å². The Balaban J connectivity index is 1.38. The number of nitrogens with zero attached hydrogens (tertiary/aromatic N) is 1. The van der Waals surface area contributed by atoms with Gasteiger partial charge in [0, 0.05) is 32.4 Å². The fourth-order valence-corrected chi connectivity index (χ4v) is 3.85. The average Bonchev–Trinajstić information content (AvgIpc) is 3.04. The summed E-state index contributed by atoms with van der Waals surface area (Å²) >= 11 is 0. The summed E-state index contributed by atoms with van der Waals surface area (Å²) in [4.78, 5) is 14.6. The molecule has 1 unspecified atom stereocenters. The van der Waals surface area contributed by atoms with Crippen LogP contribution in [0, 0.1) is 0 Å². The molecule has 4 rings (SSSR count). The first kappa shape index (κ1) is 15.0. The molecule has 1 spiro atoms. The predicted molar refractivity (Wildman–Crippen MR) is 84.4 cm³/mol. The Kier molecular flexibility index (Phi) is 3.99. The van der Waals surface area contributed by atoms with E-state index in [1.807, 2.05) is 23.1 Å². The molecule has 1 aromatic rings. The second-order valence-electron chi connectivity index (χ2n) is 6.56. The minimum Gasteiger partial charge on any atom is -0.493 e. The lowest BCUT2D eigenvalue weighted by atomic mass is 9.89. The molecule has 5 heteroatoms. The van der Waals surface area contributed by atoms with Crippen molar-refractivity contribution in [2.24, 2.45) is 0 Å². The highest BCUT2D eigenvalue weighted by molar-refractivity contribution is 5.77. The molecule has 0 aliphatic carbocycles. The Morgan fingerprint density at radius 2 is 1.87 bits per heavy atom. The minimum absolute atomic E-state index is 0.236. The van der Waals surface area contributed by atoms with Crippen LogP contribution < -0.4 is 4.74 Å². The quantitative estimate of drug-likeness (QED) is 0.840. The average molecular weight is 317 g/mol. The molecular weight excluding hydrogens is 294 g/mol. The van der Waals surface area contributed by atoms with Crippen LogP contribution in [-0.2, 0) is 14.3 Å². The maximum atomic E-state index is 12.7. The highest BCUT2D eigenvalue weighted by Crippen LogP contribution is 2.37. The standard InChI is InChI=1S/C18H23NO4/c20-17(19-8-6-18(7-9-19)22-11-12-23-18)13-14-5-10-21-16-4-2-1-3-15(14)16/h1-4,14H,5-13H2. The van der Waals surface area contributed by atoms with Crippen LogP contribution in [0.2, 0.25) is 0 Å². The summed E-state index contributed by atoms with van der Waals surface area (Å²) in [5, 5.41) is 0. The summed E-state index contributed by atoms with van der Waals surface area (Å²) in [5.41, 5.74) is 1.17. The van der Waals surface area contributed by atoms with E-state index in [-0.39, 0.29) is 11.8 Å². The first-order chi connectivity index (χ1) is 11.3. The van der Waals surface area contributed by atoms with E-state index >= 15 is 0 Å². The van der Waals surface area contributed by atoms with Gasteiger partial charge in [-0.15, -0.1) is 0 Å². The lowest BCUT2D eigenvalue weighted by Gasteiger charge is -2.38. The molecule has 1 atom stereocenters. The summed E-state index contributed by atoms with van der Waals surface area (Å²) in [6.07, 6.45) is 3.04. The molecular formula is C18H23NO4. The summed E-state index contributed by atoms with van der Waals surface area (Å²) in [5.74, 6) is 1.02. The summed E-state index contributed by atoms with van der Waals surface area (Å²) in [6, 6.07) is 8.07. The van der Waals surface area contributed by atoms with Crippen LogP contribution in [0.1, 0.15) is 37.2 Å². The predicted octanol–water partition coefficient (Wildman–Crippen LogP) is 2.31. The lowest BCUT2D eigenvalue weighted by molar-refractivity contribution is -0.187. The number of piperidine rings is 1. The number of carbonyl (C=O) groups excluding carboxylic acids is 1. The van der Waals surface area contributed by atoms with Gasteiger partial charge in [0.15, 0.2) is 5.79 Å². The van der Waals surface area contributed by atoms with Gasteiger partial charge >= 0.3 is 0 Å². The number of benzene rings is 1. The van der Waals surface area contributed by atoms with Gasteiger partial charge in [-0.1, -0.05) is 18.2 Å². The maximum Gasteiger partial charge on any atom is 0.223 e. The third kappa shape index (κ3) is 2.95. The van der Waals surface area contributed by atoms with Crippen LogP contribution in [-0.4, -0.2) is 49.5 Å². The molecule has 0 saturated carbocycles. The smallest absolute Gasteiger partial charge is 0.223 e. The Morgan fingerprint density at radius 3 is 2.65 bits per heavy atom. The van der Waals surface area contributed by atoms with Crippen LogP contribution in [0.15, 0.2) is 24.3 Å². The molecule has 3 aliphatic heterocycles. The van der Waals surface area contributed by atoms with Gasteiger partial charge < -0.3 is 19.1 Å². The number of hydrogen-bond acceptors (Lipinski definition) is 4. The number of rotatable bonds is 2. The third-order valence-corrected chi connectivity index (χ3v) is 5.20. The van der Waals surface area contributed by atoms with Gasteiger partial charge in [-0.2, -0.15) is 0 Å². The molecule has 0 aromatic heterocycles. The van der Waals surface area contributed by atoms with Crippen molar-refractivity contribution < 1.29 is 19.0 Å². The Morgan fingerprint density at radius 1 is 1.13 bits per heavy atom. The fraction of sp³-hybridized carbons (Fsp3) is 0.611. The maximum absolute atomic E-state index is 12.7. The van der Waals surface area contributed by atoms with E-state index in [0.29, 0.717) is 26.2 Å². The van der Waals surface area contributed by atoms with Gasteiger partial charge in [-0.25, -0.2) is 0 Å². The van der Waals surface area contributed by atoms with Crippen LogP contribution in [0.3, 0.4) is 0 Å². The Labute approximate surface area is 136 Å². The normalized spacial score (nSPS) is 25.9. The molecule has 23 heavy (non-hydrogen) atoms. The van der Waals surface area contributed by atoms with Crippen molar-refractivity contribution in [1.82, 2.24) is 4.90 Å². The minimum atomic E-state index is -0.415. The summed E-state index contributed by atoms with van der Waals surface area (Å²) in [6.45, 7) is 3.49. The second-order valence-corrected chi connectivity index (χ2v) is 6.56. The van der Waals surface area contributed by atoms with Gasteiger partial charge in [0.1, 0.15) is 5.75 Å². The first-order valence-electron chi connectivity index (χ1n) is 8.53. The van der Waals surface area contributed by atoms with Crippen LogP contribution in [0.4, 0.5) is 0 Å². The summed E-state index contributed by atoms with van der Waals surface area (Å²) in [7, 11) is 0. The van der Waals surface area contributed by atoms with Gasteiger partial charge in [0.25, 0.3) is 0 Å². The molecule has 0 radical (unpaired) electrons. The largest absolute Gasteiger partial charge is 0.493 e. The molecule has 1 amide bonds. The SMILES string of the molecule is O=C(CC1CCOc2ccccc21)N1CCC2(CC1)OCCO2. The van der Waals surface area contributed by atoms with Crippen molar-refractivity contribution in [2.45, 2.75) is 37.4 Å². The van der Waals surface area contributed by atoms with Crippen LogP contribution in [0.25, 0.3) is 0 Å². The van der Waals surface area contributed by atoms with Crippen molar-refractivity contribution in [2.75, 3.05) is 32.9 Å². The van der Waals surface area contributed by atoms with E-state index in [2.05, 4.69) is 6.07 Å². The van der Waals surface area contributed by atoms with Crippen molar-refractivity contribution in [3.05, 3.63) is 29.8 Å². The molecule has 2 saturated heterocycles. The molecule has 0 N–H and O–H groups in total. The zero-order chi connectivity index (χ0) is 15.7. The van der Waals surface area contributed by atoms with Gasteiger partial charge in [0.05, 0.1) is 19.8 Å². The third-order valence-electron chi connectivity index (χ3n) is 5.20. The van der Waals surface area contributed by atoms with E-state index in [1.54, 1.807) is 0 Å². The lowest BCUT2D eigenvalue weighted by Crippen LogP contribution is -2.47. The zero-order valence-corrected chi connectivity index (χ0v) is 13.3. The van der Waals surface area contributed by atoms with Crippen molar-refractivity contribution >= 4 is 5.91 Å². The van der Waals surface area contributed by atoms with Gasteiger partial charge in [-0.3, -0.25) is 4.79 Å². The second kappa shape index (κ2) is 6.13. The molecule has 124 valence electrons. The fourth-order valence-electron chi connectivity index (χ4n) is 3.85. The van der Waals surface area contributed by atoms with E-state index in [1.165, 1.54) is 5.56 Å². The van der Waals surface area contributed by atoms with Crippen molar-refractivity contribution in [3.8, 4) is 5.75 Å². The highest BCUT2D eigenvalue weighted by atomic mass is 16.7. The number of para-hydroxylation sites is 1. The van der Waals surface area contributed by atoms with Gasteiger partial charge in [-0.05, 0) is 24.0 Å². The number of likely N-dealkylation sites (tertiary alicyclic amines) is 1. The monoisotopic (exact) mass is 317 g/mol. The highest BCUT2D eigenvalue weighted by Gasteiger charge is 2.41. The molecule has 3 heterocycles. The summed E-state index contributed by atoms with van der Waals surface area (Å²) < 4.78 is 17.1. The number of fused-ring (bicyclic) bond motifs is 1. The van der Waals surface area contributed by atoms with E-state index in [0.717, 1.165) is 38.1 Å². The van der Waals surface area contributed by atoms with E-state index in [4.69, 9.17) is 14.2 Å². The number of carbonyl (C=O) groups is 1. The molecule has 3 aliphatic rings. The molecule has 0 bridgehead atoms. The molecule has 1 aromatic carbocycles. The van der Waals surface area contributed by atoms with Crippen molar-refractivity contribution in [3.63, 3.8) is 0 Å². The Hall–Kier alpha value is -1.59. The Bertz CT molecular complexity index is 572. The zero-order valence-electron chi connectivity index (χ0n) is 13.3. The van der Waals surface area contributed by atoms with Crippen molar-refractivity contribution in [1.29, 1.82) is 0 Å². The van der Waals surface area contributed by atoms with Crippen LogP contribution >= 0.6 is 0 Å². The number of amides is 1. The van der Waals surface area contributed by atoms with Crippen LogP contribution in [0.5, 0.6) is 5.75 Å². The topological polar surface area (TPSA) is 48.0 Å². The molecule has 2 fully saturated rings. The first-order valence-corrected chi connectivity index (χ1v) is 8.53. The van der Waals surface area contributed by atoms with E-state index in [9.17, 15) is 4.79 Å². The number of ether oxygens (including phenoxy) is 3. The number of hydrogen-bond donors (Lipinski definition) is 0. The molecule has 5 nitrogen and oxygen atoms in total.